The summed E-state index contributed by atoms with van der Waals surface area (Å²) in [6, 6.07) is 7.71. The van der Waals surface area contributed by atoms with Gasteiger partial charge in [-0.25, -0.2) is 0 Å². The van der Waals surface area contributed by atoms with Gasteiger partial charge in [0, 0.05) is 19.9 Å². The van der Waals surface area contributed by atoms with Crippen LogP contribution in [0.2, 0.25) is 9.36 Å². The van der Waals surface area contributed by atoms with Crippen LogP contribution in [0.25, 0.3) is 0 Å². The Bertz CT molecular complexity index is 598. The van der Waals surface area contributed by atoms with Crippen LogP contribution in [0.1, 0.15) is 29.8 Å². The van der Waals surface area contributed by atoms with Gasteiger partial charge in [-0.15, -0.1) is 11.3 Å². The lowest BCUT2D eigenvalue weighted by atomic mass is 10.0. The van der Waals surface area contributed by atoms with Gasteiger partial charge >= 0.3 is 0 Å². The van der Waals surface area contributed by atoms with Crippen LogP contribution < -0.4 is 10.1 Å². The van der Waals surface area contributed by atoms with Crippen LogP contribution in [0.4, 0.5) is 0 Å². The standard InChI is InChI=1S/C15H16BrCl2NOS/c1-3-6-19-14(13-8-11(16)15(18)21-13)10-7-9(17)4-5-12(10)20-2/h4-5,7-8,14,19H,3,6H2,1-2H3. The first kappa shape index (κ1) is 17.1. The molecule has 1 aromatic carbocycles. The molecule has 6 heteroatoms. The zero-order chi connectivity index (χ0) is 15.4. The third-order valence-corrected chi connectivity index (χ3v) is 5.82. The van der Waals surface area contributed by atoms with Gasteiger partial charge in [0.2, 0.25) is 0 Å². The SMILES string of the molecule is CCCNC(c1cc(Br)c(Cl)s1)c1cc(Cl)ccc1OC. The molecule has 0 bridgehead atoms. The highest BCUT2D eigenvalue weighted by molar-refractivity contribution is 9.10. The van der Waals surface area contributed by atoms with E-state index in [1.54, 1.807) is 18.4 Å². The second kappa shape index (κ2) is 7.84. The molecule has 0 spiro atoms. The number of halogens is 3. The van der Waals surface area contributed by atoms with Gasteiger partial charge < -0.3 is 10.1 Å². The Morgan fingerprint density at radius 3 is 2.67 bits per heavy atom. The molecule has 0 radical (unpaired) electrons. The average Bonchev–Trinajstić information content (AvgIpc) is 2.79. The van der Waals surface area contributed by atoms with Gasteiger partial charge in [-0.3, -0.25) is 0 Å². The second-order valence-corrected chi connectivity index (χ2v) is 7.52. The van der Waals surface area contributed by atoms with E-state index in [9.17, 15) is 0 Å². The number of ether oxygens (including phenoxy) is 1. The molecule has 1 N–H and O–H groups in total. The smallest absolute Gasteiger partial charge is 0.124 e. The van der Waals surface area contributed by atoms with Crippen molar-refractivity contribution in [2.24, 2.45) is 0 Å². The number of methoxy groups -OCH3 is 1. The molecule has 1 unspecified atom stereocenters. The van der Waals surface area contributed by atoms with Gasteiger partial charge in [0.25, 0.3) is 0 Å². The van der Waals surface area contributed by atoms with E-state index >= 15 is 0 Å². The molecule has 1 aromatic heterocycles. The lowest BCUT2D eigenvalue weighted by molar-refractivity contribution is 0.404. The number of hydrogen-bond donors (Lipinski definition) is 1. The summed E-state index contributed by atoms with van der Waals surface area (Å²) in [5.74, 6) is 0.814. The number of thiophene rings is 1. The molecule has 1 heterocycles. The summed E-state index contributed by atoms with van der Waals surface area (Å²) in [5, 5.41) is 4.23. The Kier molecular flexibility index (Phi) is 6.38. The molecule has 1 atom stereocenters. The molecule has 0 saturated carbocycles. The fourth-order valence-electron chi connectivity index (χ4n) is 2.09. The Morgan fingerprint density at radius 1 is 1.33 bits per heavy atom. The van der Waals surface area contributed by atoms with Crippen LogP contribution >= 0.6 is 50.5 Å². The highest BCUT2D eigenvalue weighted by Gasteiger charge is 2.21. The van der Waals surface area contributed by atoms with Crippen LogP contribution in [-0.4, -0.2) is 13.7 Å². The third-order valence-electron chi connectivity index (χ3n) is 3.05. The fraction of sp³-hybridized carbons (Fsp3) is 0.333. The van der Waals surface area contributed by atoms with Gasteiger partial charge in [-0.2, -0.15) is 0 Å². The molecule has 0 amide bonds. The Labute approximate surface area is 147 Å². The Hall–Kier alpha value is -0.260. The minimum absolute atomic E-state index is 0.00685. The zero-order valence-corrected chi connectivity index (χ0v) is 15.7. The summed E-state index contributed by atoms with van der Waals surface area (Å²) in [6.45, 7) is 3.03. The van der Waals surface area contributed by atoms with Gasteiger partial charge in [0.15, 0.2) is 0 Å². The van der Waals surface area contributed by atoms with E-state index in [0.29, 0.717) is 5.02 Å². The number of benzene rings is 1. The summed E-state index contributed by atoms with van der Waals surface area (Å²) >= 11 is 17.4. The van der Waals surface area contributed by atoms with Crippen LogP contribution in [0.3, 0.4) is 0 Å². The monoisotopic (exact) mass is 407 g/mol. The minimum atomic E-state index is 0.00685. The molecule has 21 heavy (non-hydrogen) atoms. The van der Waals surface area contributed by atoms with Gasteiger partial charge in [0.05, 0.1) is 13.2 Å². The predicted octanol–water partition coefficient (Wildman–Crippen LogP) is 5.92. The molecule has 2 rings (SSSR count). The van der Waals surface area contributed by atoms with Crippen LogP contribution in [0.15, 0.2) is 28.7 Å². The second-order valence-electron chi connectivity index (χ2n) is 4.54. The normalized spacial score (nSPS) is 12.4. The van der Waals surface area contributed by atoms with Crippen molar-refractivity contribution >= 4 is 50.5 Å². The van der Waals surface area contributed by atoms with Crippen molar-refractivity contribution in [2.45, 2.75) is 19.4 Å². The van der Waals surface area contributed by atoms with E-state index in [1.807, 2.05) is 24.3 Å². The quantitative estimate of drug-likeness (QED) is 0.640. The van der Waals surface area contributed by atoms with Crippen LogP contribution in [-0.2, 0) is 0 Å². The molecule has 0 aliphatic rings. The molecule has 114 valence electrons. The van der Waals surface area contributed by atoms with Crippen molar-refractivity contribution in [2.75, 3.05) is 13.7 Å². The lowest BCUT2D eigenvalue weighted by Gasteiger charge is -2.20. The van der Waals surface area contributed by atoms with E-state index in [2.05, 4.69) is 28.2 Å². The molecule has 0 aliphatic carbocycles. The maximum absolute atomic E-state index is 6.19. The largest absolute Gasteiger partial charge is 0.496 e. The summed E-state index contributed by atoms with van der Waals surface area (Å²) in [5.41, 5.74) is 1.02. The maximum atomic E-state index is 6.19. The Morgan fingerprint density at radius 2 is 2.10 bits per heavy atom. The number of nitrogens with one attached hydrogen (secondary N) is 1. The summed E-state index contributed by atoms with van der Waals surface area (Å²) < 4.78 is 7.14. The molecule has 0 saturated heterocycles. The molecule has 0 fully saturated rings. The summed E-state index contributed by atoms with van der Waals surface area (Å²) in [4.78, 5) is 1.13. The molecular formula is C15H16BrCl2NOS. The van der Waals surface area contributed by atoms with Gasteiger partial charge in [-0.1, -0.05) is 30.1 Å². The van der Waals surface area contributed by atoms with E-state index in [0.717, 1.165) is 38.0 Å². The van der Waals surface area contributed by atoms with Crippen molar-refractivity contribution in [3.05, 3.63) is 48.5 Å². The van der Waals surface area contributed by atoms with E-state index in [-0.39, 0.29) is 6.04 Å². The number of hydrogen-bond acceptors (Lipinski definition) is 3. The fourth-order valence-corrected chi connectivity index (χ4v) is 4.10. The summed E-state index contributed by atoms with van der Waals surface area (Å²) in [7, 11) is 1.67. The zero-order valence-electron chi connectivity index (χ0n) is 11.8. The predicted molar refractivity (Wildman–Crippen MR) is 95.2 cm³/mol. The third kappa shape index (κ3) is 4.14. The first-order valence-corrected chi connectivity index (χ1v) is 8.95. The molecule has 2 aromatic rings. The first-order valence-electron chi connectivity index (χ1n) is 6.58. The summed E-state index contributed by atoms with van der Waals surface area (Å²) in [6.07, 6.45) is 1.04. The van der Waals surface area contributed by atoms with Crippen molar-refractivity contribution in [3.63, 3.8) is 0 Å². The van der Waals surface area contributed by atoms with Crippen molar-refractivity contribution < 1.29 is 4.74 Å². The van der Waals surface area contributed by atoms with Crippen molar-refractivity contribution in [3.8, 4) is 5.75 Å². The average molecular weight is 409 g/mol. The lowest BCUT2D eigenvalue weighted by Crippen LogP contribution is -2.23. The van der Waals surface area contributed by atoms with Gasteiger partial charge in [-0.05, 0) is 53.2 Å². The van der Waals surface area contributed by atoms with E-state index in [4.69, 9.17) is 27.9 Å². The Balaban J connectivity index is 2.47. The minimum Gasteiger partial charge on any atom is -0.496 e. The van der Waals surface area contributed by atoms with Gasteiger partial charge in [0.1, 0.15) is 10.1 Å². The topological polar surface area (TPSA) is 21.3 Å². The maximum Gasteiger partial charge on any atom is 0.124 e. The van der Waals surface area contributed by atoms with E-state index < -0.39 is 0 Å². The van der Waals surface area contributed by atoms with Crippen LogP contribution in [0, 0.1) is 0 Å². The first-order chi connectivity index (χ1) is 10.1. The molecular weight excluding hydrogens is 393 g/mol. The van der Waals surface area contributed by atoms with E-state index in [1.165, 1.54) is 0 Å². The highest BCUT2D eigenvalue weighted by atomic mass is 79.9. The van der Waals surface area contributed by atoms with Crippen molar-refractivity contribution in [1.82, 2.24) is 5.32 Å². The molecule has 2 nitrogen and oxygen atoms in total. The highest BCUT2D eigenvalue weighted by Crippen LogP contribution is 2.40. The van der Waals surface area contributed by atoms with Crippen molar-refractivity contribution in [1.29, 1.82) is 0 Å². The number of rotatable bonds is 6. The molecule has 0 aliphatic heterocycles. The van der Waals surface area contributed by atoms with Crippen LogP contribution in [0.5, 0.6) is 5.75 Å².